The summed E-state index contributed by atoms with van der Waals surface area (Å²) >= 11 is 0. The summed E-state index contributed by atoms with van der Waals surface area (Å²) in [6.45, 7) is 4.18. The molecule has 1 aliphatic heterocycles. The van der Waals surface area contributed by atoms with E-state index in [1.807, 2.05) is 0 Å². The van der Waals surface area contributed by atoms with Crippen LogP contribution in [0.15, 0.2) is 0 Å². The normalized spacial score (nSPS) is 21.2. The van der Waals surface area contributed by atoms with Crippen LogP contribution in [0, 0.1) is 11.8 Å². The fourth-order valence-corrected chi connectivity index (χ4v) is 2.29. The van der Waals surface area contributed by atoms with Gasteiger partial charge in [-0.3, -0.25) is 9.59 Å². The highest BCUT2D eigenvalue weighted by Crippen LogP contribution is 2.15. The van der Waals surface area contributed by atoms with Gasteiger partial charge in [0.15, 0.2) is 0 Å². The summed E-state index contributed by atoms with van der Waals surface area (Å²) in [7, 11) is 3.12. The Kier molecular flexibility index (Phi) is 6.12. The van der Waals surface area contributed by atoms with Gasteiger partial charge in [0, 0.05) is 20.0 Å². The fraction of sp³-hybridized carbons (Fsp3) is 0.846. The third-order valence-electron chi connectivity index (χ3n) is 3.44. The molecule has 18 heavy (non-hydrogen) atoms. The predicted octanol–water partition coefficient (Wildman–Crippen LogP) is 0.644. The van der Waals surface area contributed by atoms with Gasteiger partial charge in [-0.05, 0) is 31.8 Å². The molecular weight excluding hydrogens is 232 g/mol. The Morgan fingerprint density at radius 3 is 2.78 bits per heavy atom. The highest BCUT2D eigenvalue weighted by Gasteiger charge is 2.22. The van der Waals surface area contributed by atoms with Crippen molar-refractivity contribution in [2.45, 2.75) is 26.2 Å². The quantitative estimate of drug-likeness (QED) is 0.734. The van der Waals surface area contributed by atoms with Crippen LogP contribution in [0.3, 0.4) is 0 Å². The first-order valence-corrected chi connectivity index (χ1v) is 6.57. The van der Waals surface area contributed by atoms with Gasteiger partial charge in [0.25, 0.3) is 0 Å². The molecule has 1 saturated heterocycles. The van der Waals surface area contributed by atoms with E-state index in [0.717, 1.165) is 25.9 Å². The molecule has 0 bridgehead atoms. The number of ether oxygens (including phenoxy) is 1. The number of carbonyl (C=O) groups is 2. The molecule has 5 heteroatoms. The van der Waals surface area contributed by atoms with Crippen molar-refractivity contribution in [1.82, 2.24) is 10.2 Å². The van der Waals surface area contributed by atoms with Gasteiger partial charge in [0.1, 0.15) is 0 Å². The number of esters is 1. The summed E-state index contributed by atoms with van der Waals surface area (Å²) in [5, 5.41) is 3.30. The van der Waals surface area contributed by atoms with E-state index in [-0.39, 0.29) is 17.8 Å². The monoisotopic (exact) mass is 256 g/mol. The zero-order valence-corrected chi connectivity index (χ0v) is 11.6. The molecule has 0 spiro atoms. The minimum absolute atomic E-state index is 0.111. The molecule has 1 rings (SSSR count). The molecule has 1 fully saturated rings. The molecule has 104 valence electrons. The van der Waals surface area contributed by atoms with Crippen molar-refractivity contribution < 1.29 is 14.3 Å². The molecular formula is C13H24N2O3. The smallest absolute Gasteiger partial charge is 0.310 e. The molecule has 0 aromatic carbocycles. The lowest BCUT2D eigenvalue weighted by molar-refractivity contribution is -0.146. The van der Waals surface area contributed by atoms with Crippen molar-refractivity contribution >= 4 is 11.9 Å². The maximum atomic E-state index is 12.0. The lowest BCUT2D eigenvalue weighted by atomic mass is 9.95. The molecule has 1 aliphatic rings. The second-order valence-electron chi connectivity index (χ2n) is 5.11. The van der Waals surface area contributed by atoms with Crippen molar-refractivity contribution in [3.63, 3.8) is 0 Å². The number of nitrogens with one attached hydrogen (secondary N) is 1. The lowest BCUT2D eigenvalue weighted by Crippen LogP contribution is -2.37. The van der Waals surface area contributed by atoms with Gasteiger partial charge >= 0.3 is 5.97 Å². The standard InChI is InChI=1S/C13H24N2O3/c1-10(13(17)18-3)9-15(2)12(16)7-11-5-4-6-14-8-11/h10-11,14H,4-9H2,1-3H3. The van der Waals surface area contributed by atoms with Crippen LogP contribution in [0.2, 0.25) is 0 Å². The number of methoxy groups -OCH3 is 1. The van der Waals surface area contributed by atoms with E-state index in [2.05, 4.69) is 10.1 Å². The van der Waals surface area contributed by atoms with Crippen LogP contribution in [0.1, 0.15) is 26.2 Å². The van der Waals surface area contributed by atoms with E-state index in [0.29, 0.717) is 18.9 Å². The van der Waals surface area contributed by atoms with Gasteiger partial charge in [-0.25, -0.2) is 0 Å². The van der Waals surface area contributed by atoms with Crippen molar-refractivity contribution in [1.29, 1.82) is 0 Å². The predicted molar refractivity (Wildman–Crippen MR) is 69.0 cm³/mol. The summed E-state index contributed by atoms with van der Waals surface area (Å²) in [4.78, 5) is 24.9. The van der Waals surface area contributed by atoms with Gasteiger partial charge in [-0.15, -0.1) is 0 Å². The molecule has 1 N–H and O–H groups in total. The van der Waals surface area contributed by atoms with Gasteiger partial charge in [-0.2, -0.15) is 0 Å². The Hall–Kier alpha value is -1.10. The van der Waals surface area contributed by atoms with Crippen molar-refractivity contribution in [2.24, 2.45) is 11.8 Å². The summed E-state index contributed by atoms with van der Waals surface area (Å²) in [6, 6.07) is 0. The van der Waals surface area contributed by atoms with E-state index in [9.17, 15) is 9.59 Å². The SMILES string of the molecule is COC(=O)C(C)CN(C)C(=O)CC1CCCNC1. The topological polar surface area (TPSA) is 58.6 Å². The Balaban J connectivity index is 2.33. The van der Waals surface area contributed by atoms with E-state index in [4.69, 9.17) is 0 Å². The molecule has 0 aromatic heterocycles. The average molecular weight is 256 g/mol. The molecule has 2 atom stereocenters. The number of hydrogen-bond donors (Lipinski definition) is 1. The third-order valence-corrected chi connectivity index (χ3v) is 3.44. The van der Waals surface area contributed by atoms with E-state index < -0.39 is 0 Å². The molecule has 0 aliphatic carbocycles. The molecule has 0 radical (unpaired) electrons. The van der Waals surface area contributed by atoms with Crippen LogP contribution in [0.5, 0.6) is 0 Å². The third kappa shape index (κ3) is 4.64. The van der Waals surface area contributed by atoms with Crippen molar-refractivity contribution in [3.05, 3.63) is 0 Å². The Labute approximate surface area is 109 Å². The van der Waals surface area contributed by atoms with Crippen LogP contribution in [-0.4, -0.2) is 50.6 Å². The van der Waals surface area contributed by atoms with E-state index in [1.165, 1.54) is 7.11 Å². The van der Waals surface area contributed by atoms with E-state index >= 15 is 0 Å². The van der Waals surface area contributed by atoms with Crippen molar-refractivity contribution in [3.8, 4) is 0 Å². The fourth-order valence-electron chi connectivity index (χ4n) is 2.29. The largest absolute Gasteiger partial charge is 0.469 e. The average Bonchev–Trinajstić information content (AvgIpc) is 2.38. The first-order chi connectivity index (χ1) is 8.54. The molecule has 5 nitrogen and oxygen atoms in total. The second kappa shape index (κ2) is 7.36. The number of piperidine rings is 1. The van der Waals surface area contributed by atoms with Gasteiger partial charge in [-0.1, -0.05) is 6.92 Å². The van der Waals surface area contributed by atoms with Gasteiger partial charge in [0.2, 0.25) is 5.91 Å². The van der Waals surface area contributed by atoms with Crippen molar-refractivity contribution in [2.75, 3.05) is 33.8 Å². The van der Waals surface area contributed by atoms with Crippen LogP contribution in [-0.2, 0) is 14.3 Å². The molecule has 0 saturated carbocycles. The molecule has 1 heterocycles. The second-order valence-corrected chi connectivity index (χ2v) is 5.11. The Morgan fingerprint density at radius 2 is 2.22 bits per heavy atom. The lowest BCUT2D eigenvalue weighted by Gasteiger charge is -2.26. The summed E-state index contributed by atoms with van der Waals surface area (Å²) in [5.41, 5.74) is 0. The molecule has 1 amide bonds. The number of amides is 1. The number of rotatable bonds is 5. The maximum absolute atomic E-state index is 12.0. The van der Waals surface area contributed by atoms with Gasteiger partial charge < -0.3 is 15.0 Å². The highest BCUT2D eigenvalue weighted by atomic mass is 16.5. The number of nitrogens with zero attached hydrogens (tertiary/aromatic N) is 1. The van der Waals surface area contributed by atoms with Crippen LogP contribution in [0.25, 0.3) is 0 Å². The maximum Gasteiger partial charge on any atom is 0.310 e. The first kappa shape index (κ1) is 15.0. The Morgan fingerprint density at radius 1 is 1.50 bits per heavy atom. The minimum Gasteiger partial charge on any atom is -0.469 e. The van der Waals surface area contributed by atoms with E-state index in [1.54, 1.807) is 18.9 Å². The zero-order chi connectivity index (χ0) is 13.5. The first-order valence-electron chi connectivity index (χ1n) is 6.57. The Bertz CT molecular complexity index is 288. The van der Waals surface area contributed by atoms with Gasteiger partial charge in [0.05, 0.1) is 13.0 Å². The van der Waals surface area contributed by atoms with Crippen LogP contribution < -0.4 is 5.32 Å². The van der Waals surface area contributed by atoms with Crippen LogP contribution >= 0.6 is 0 Å². The minimum atomic E-state index is -0.270. The summed E-state index contributed by atoms with van der Waals surface area (Å²) in [6.07, 6.45) is 2.82. The van der Waals surface area contributed by atoms with Crippen LogP contribution in [0.4, 0.5) is 0 Å². The number of hydrogen-bond acceptors (Lipinski definition) is 4. The number of carbonyl (C=O) groups excluding carboxylic acids is 2. The summed E-state index contributed by atoms with van der Waals surface area (Å²) < 4.78 is 4.66. The summed E-state index contributed by atoms with van der Waals surface area (Å²) in [5.74, 6) is 0.00370. The highest BCUT2D eigenvalue weighted by molar-refractivity contribution is 5.77. The molecule has 2 unspecified atom stereocenters. The molecule has 0 aromatic rings. The zero-order valence-electron chi connectivity index (χ0n) is 11.6.